The number of hydrogen-bond acceptors (Lipinski definition) is 2. The lowest BCUT2D eigenvalue weighted by atomic mass is 10.1. The summed E-state index contributed by atoms with van der Waals surface area (Å²) in [7, 11) is 0. The van der Waals surface area contributed by atoms with Crippen LogP contribution in [0.5, 0.6) is 0 Å². The Labute approximate surface area is 118 Å². The molecule has 0 radical (unpaired) electrons. The van der Waals surface area contributed by atoms with Crippen LogP contribution in [0, 0.1) is 5.92 Å². The molecule has 0 amide bonds. The zero-order valence-electron chi connectivity index (χ0n) is 10.1. The Morgan fingerprint density at radius 1 is 1.47 bits per heavy atom. The number of halogens is 2. The van der Waals surface area contributed by atoms with Crippen molar-refractivity contribution in [3.05, 3.63) is 34.3 Å². The third-order valence-corrected chi connectivity index (χ3v) is 4.28. The third-order valence-electron chi connectivity index (χ3n) is 3.55. The Balaban J connectivity index is 0.00000144. The fourth-order valence-corrected chi connectivity index (χ4v) is 3.03. The highest BCUT2D eigenvalue weighted by atomic mass is 79.9. The molecule has 1 aromatic rings. The molecule has 4 heteroatoms. The van der Waals surface area contributed by atoms with Gasteiger partial charge in [-0.15, -0.1) is 12.4 Å². The van der Waals surface area contributed by atoms with Crippen LogP contribution in [-0.2, 0) is 0 Å². The zero-order chi connectivity index (χ0) is 11.5. The van der Waals surface area contributed by atoms with Crippen molar-refractivity contribution >= 4 is 28.3 Å². The first-order valence-electron chi connectivity index (χ1n) is 5.91. The summed E-state index contributed by atoms with van der Waals surface area (Å²) in [5, 5.41) is 0. The number of rotatable bonds is 3. The van der Waals surface area contributed by atoms with Gasteiger partial charge in [0.05, 0.1) is 0 Å². The second-order valence-electron chi connectivity index (χ2n) is 4.58. The molecule has 1 aromatic carbocycles. The third kappa shape index (κ3) is 3.44. The van der Waals surface area contributed by atoms with Crippen LogP contribution in [0.1, 0.15) is 24.9 Å². The summed E-state index contributed by atoms with van der Waals surface area (Å²) in [5.74, 6) is 0.685. The first-order chi connectivity index (χ1) is 7.72. The van der Waals surface area contributed by atoms with Gasteiger partial charge < -0.3 is 5.73 Å². The van der Waals surface area contributed by atoms with E-state index in [0.29, 0.717) is 12.0 Å². The predicted molar refractivity (Wildman–Crippen MR) is 78.5 cm³/mol. The van der Waals surface area contributed by atoms with Gasteiger partial charge in [-0.1, -0.05) is 34.1 Å². The van der Waals surface area contributed by atoms with Crippen LogP contribution >= 0.6 is 28.3 Å². The smallest absolute Gasteiger partial charge is 0.0331 e. The molecule has 2 nitrogen and oxygen atoms in total. The summed E-state index contributed by atoms with van der Waals surface area (Å²) in [6.07, 6.45) is 1.24. The molecule has 1 saturated heterocycles. The van der Waals surface area contributed by atoms with E-state index in [2.05, 4.69) is 52.0 Å². The van der Waals surface area contributed by atoms with E-state index in [-0.39, 0.29) is 12.4 Å². The lowest BCUT2D eigenvalue weighted by Crippen LogP contribution is -2.26. The van der Waals surface area contributed by atoms with Gasteiger partial charge in [0.25, 0.3) is 0 Å². The highest BCUT2D eigenvalue weighted by Crippen LogP contribution is 2.31. The van der Waals surface area contributed by atoms with Crippen molar-refractivity contribution in [1.29, 1.82) is 0 Å². The topological polar surface area (TPSA) is 29.3 Å². The van der Waals surface area contributed by atoms with Crippen LogP contribution < -0.4 is 5.73 Å². The lowest BCUT2D eigenvalue weighted by Gasteiger charge is -2.25. The number of nitrogens with two attached hydrogens (primary N) is 1. The van der Waals surface area contributed by atoms with E-state index in [1.54, 1.807) is 0 Å². The molecule has 17 heavy (non-hydrogen) atoms. The molecule has 96 valence electrons. The fourth-order valence-electron chi connectivity index (χ4n) is 2.42. The summed E-state index contributed by atoms with van der Waals surface area (Å²) in [5.41, 5.74) is 7.10. The first-order valence-corrected chi connectivity index (χ1v) is 6.70. The number of hydrogen-bond donors (Lipinski definition) is 1. The standard InChI is InChI=1S/C13H19BrN2.ClH/c1-10(12-4-2-3-5-13(12)14)16-7-6-11(8-15)9-16;/h2-5,10-11H,6-9,15H2,1H3;1H. The van der Waals surface area contributed by atoms with E-state index in [1.807, 2.05) is 0 Å². The molecule has 2 N–H and O–H groups in total. The fraction of sp³-hybridized carbons (Fsp3) is 0.538. The van der Waals surface area contributed by atoms with Gasteiger partial charge in [-0.2, -0.15) is 0 Å². The molecule has 1 aliphatic heterocycles. The van der Waals surface area contributed by atoms with Crippen LogP contribution in [0.2, 0.25) is 0 Å². The number of likely N-dealkylation sites (tertiary alicyclic amines) is 1. The van der Waals surface area contributed by atoms with Crippen molar-refractivity contribution in [2.75, 3.05) is 19.6 Å². The first kappa shape index (κ1) is 15.0. The molecule has 1 fully saturated rings. The zero-order valence-corrected chi connectivity index (χ0v) is 12.5. The Morgan fingerprint density at radius 3 is 2.76 bits per heavy atom. The number of benzene rings is 1. The Morgan fingerprint density at radius 2 is 2.18 bits per heavy atom. The maximum atomic E-state index is 5.73. The molecule has 0 aliphatic carbocycles. The summed E-state index contributed by atoms with van der Waals surface area (Å²) < 4.78 is 1.21. The summed E-state index contributed by atoms with van der Waals surface area (Å²) >= 11 is 3.62. The van der Waals surface area contributed by atoms with Crippen molar-refractivity contribution in [3.8, 4) is 0 Å². The monoisotopic (exact) mass is 318 g/mol. The summed E-state index contributed by atoms with van der Waals surface area (Å²) in [6.45, 7) is 5.40. The van der Waals surface area contributed by atoms with Crippen molar-refractivity contribution in [1.82, 2.24) is 4.90 Å². The molecule has 1 heterocycles. The van der Waals surface area contributed by atoms with Gasteiger partial charge in [-0.05, 0) is 44.0 Å². The van der Waals surface area contributed by atoms with Crippen molar-refractivity contribution in [3.63, 3.8) is 0 Å². The molecule has 2 atom stereocenters. The largest absolute Gasteiger partial charge is 0.330 e. The van der Waals surface area contributed by atoms with E-state index < -0.39 is 0 Å². The van der Waals surface area contributed by atoms with E-state index >= 15 is 0 Å². The SMILES string of the molecule is CC(c1ccccc1Br)N1CCC(CN)C1.Cl. The van der Waals surface area contributed by atoms with Gasteiger partial charge >= 0.3 is 0 Å². The molecule has 0 spiro atoms. The van der Waals surface area contributed by atoms with Gasteiger partial charge in [0.1, 0.15) is 0 Å². The van der Waals surface area contributed by atoms with Gasteiger partial charge in [-0.25, -0.2) is 0 Å². The molecule has 2 unspecified atom stereocenters. The Kier molecular flexibility index (Phi) is 5.93. The van der Waals surface area contributed by atoms with Gasteiger partial charge in [0.15, 0.2) is 0 Å². The molecular weight excluding hydrogens is 300 g/mol. The Hall–Kier alpha value is -0.0900. The average Bonchev–Trinajstić information content (AvgIpc) is 2.77. The van der Waals surface area contributed by atoms with Gasteiger partial charge in [0.2, 0.25) is 0 Å². The molecule has 0 aromatic heterocycles. The molecule has 1 aliphatic rings. The van der Waals surface area contributed by atoms with E-state index in [9.17, 15) is 0 Å². The molecule has 2 rings (SSSR count). The van der Waals surface area contributed by atoms with Crippen LogP contribution in [-0.4, -0.2) is 24.5 Å². The van der Waals surface area contributed by atoms with Crippen molar-refractivity contribution < 1.29 is 0 Å². The minimum absolute atomic E-state index is 0. The van der Waals surface area contributed by atoms with E-state index in [1.165, 1.54) is 23.0 Å². The molecule has 0 bridgehead atoms. The highest BCUT2D eigenvalue weighted by molar-refractivity contribution is 9.10. The maximum absolute atomic E-state index is 5.73. The van der Waals surface area contributed by atoms with Gasteiger partial charge in [-0.3, -0.25) is 4.90 Å². The lowest BCUT2D eigenvalue weighted by molar-refractivity contribution is 0.253. The average molecular weight is 320 g/mol. The van der Waals surface area contributed by atoms with Crippen molar-refractivity contribution in [2.45, 2.75) is 19.4 Å². The van der Waals surface area contributed by atoms with E-state index in [4.69, 9.17) is 5.73 Å². The molecular formula is C13H20BrClN2. The summed E-state index contributed by atoms with van der Waals surface area (Å²) in [6, 6.07) is 8.96. The van der Waals surface area contributed by atoms with Crippen LogP contribution in [0.15, 0.2) is 28.7 Å². The second kappa shape index (κ2) is 6.74. The highest BCUT2D eigenvalue weighted by Gasteiger charge is 2.26. The molecule has 0 saturated carbocycles. The second-order valence-corrected chi connectivity index (χ2v) is 5.44. The summed E-state index contributed by atoms with van der Waals surface area (Å²) in [4.78, 5) is 2.53. The minimum Gasteiger partial charge on any atom is -0.330 e. The van der Waals surface area contributed by atoms with Crippen molar-refractivity contribution in [2.24, 2.45) is 11.7 Å². The number of nitrogens with zero attached hydrogens (tertiary/aromatic N) is 1. The maximum Gasteiger partial charge on any atom is 0.0331 e. The quantitative estimate of drug-likeness (QED) is 0.927. The van der Waals surface area contributed by atoms with Gasteiger partial charge in [0, 0.05) is 17.1 Å². The minimum atomic E-state index is 0. The Bertz CT molecular complexity index is 359. The van der Waals surface area contributed by atoms with Crippen LogP contribution in [0.25, 0.3) is 0 Å². The van der Waals surface area contributed by atoms with Crippen LogP contribution in [0.4, 0.5) is 0 Å². The predicted octanol–water partition coefficient (Wildman–Crippen LogP) is 3.21. The normalized spacial score (nSPS) is 22.2. The van der Waals surface area contributed by atoms with E-state index in [0.717, 1.165) is 13.1 Å². The van der Waals surface area contributed by atoms with Crippen LogP contribution in [0.3, 0.4) is 0 Å².